The number of methoxy groups -OCH3 is 1. The van der Waals surface area contributed by atoms with Gasteiger partial charge in [-0.1, -0.05) is 0 Å². The van der Waals surface area contributed by atoms with Crippen LogP contribution in [0, 0.1) is 0 Å². The van der Waals surface area contributed by atoms with Crippen molar-refractivity contribution >= 4 is 31.3 Å². The monoisotopic (exact) mass is 333 g/mol. The molecule has 21 heavy (non-hydrogen) atoms. The van der Waals surface area contributed by atoms with Crippen LogP contribution in [-0.2, 0) is 18.6 Å². The number of amides is 1. The Bertz CT molecular complexity index is 625. The Kier molecular flexibility index (Phi) is 5.08. The van der Waals surface area contributed by atoms with Crippen molar-refractivity contribution in [2.45, 2.75) is 30.3 Å². The second-order valence-corrected chi connectivity index (χ2v) is 7.18. The Morgan fingerprint density at radius 3 is 2.76 bits per heavy atom. The van der Waals surface area contributed by atoms with Crippen LogP contribution in [0.1, 0.15) is 19.3 Å². The summed E-state index contributed by atoms with van der Waals surface area (Å²) >= 11 is 0. The first-order valence-corrected chi connectivity index (χ1v) is 8.78. The largest absolute Gasteiger partial charge is 0.495 e. The number of carbonyl (C=O) groups excluding carboxylic acids is 1. The molecule has 1 unspecified atom stereocenters. The molecule has 1 aliphatic heterocycles. The summed E-state index contributed by atoms with van der Waals surface area (Å²) in [5.74, 6) is -0.175. The Balaban J connectivity index is 2.15. The fourth-order valence-electron chi connectivity index (χ4n) is 2.12. The molecule has 0 aliphatic carbocycles. The topological polar surface area (TPSA) is 81.7 Å². The first-order chi connectivity index (χ1) is 9.91. The van der Waals surface area contributed by atoms with E-state index >= 15 is 0 Å². The maximum atomic E-state index is 12.0. The number of nitrogens with one attached hydrogen (secondary N) is 1. The van der Waals surface area contributed by atoms with Gasteiger partial charge in [0.25, 0.3) is 15.0 Å². The SMILES string of the molecule is COc1cc(NC(=O)C2CCCCO2)ccc1S(=O)(=O)Cl. The third-order valence-corrected chi connectivity index (χ3v) is 4.53. The summed E-state index contributed by atoms with van der Waals surface area (Å²) in [7, 11) is 2.74. The highest BCUT2D eigenvalue weighted by Crippen LogP contribution is 2.30. The third-order valence-electron chi connectivity index (χ3n) is 3.17. The predicted molar refractivity (Wildman–Crippen MR) is 78.3 cm³/mol. The van der Waals surface area contributed by atoms with Gasteiger partial charge in [0.2, 0.25) is 0 Å². The highest BCUT2D eigenvalue weighted by molar-refractivity contribution is 8.13. The van der Waals surface area contributed by atoms with Gasteiger partial charge < -0.3 is 14.8 Å². The minimum Gasteiger partial charge on any atom is -0.495 e. The molecule has 116 valence electrons. The summed E-state index contributed by atoms with van der Waals surface area (Å²) in [6.45, 7) is 0.574. The predicted octanol–water partition coefficient (Wildman–Crippen LogP) is 2.13. The van der Waals surface area contributed by atoms with Gasteiger partial charge in [0, 0.05) is 29.0 Å². The van der Waals surface area contributed by atoms with E-state index in [0.717, 1.165) is 12.8 Å². The van der Waals surface area contributed by atoms with Gasteiger partial charge in [0.05, 0.1) is 7.11 Å². The molecule has 0 aromatic heterocycles. The van der Waals surface area contributed by atoms with E-state index in [9.17, 15) is 13.2 Å². The fourth-order valence-corrected chi connectivity index (χ4v) is 3.11. The average molecular weight is 334 g/mol. The van der Waals surface area contributed by atoms with Gasteiger partial charge in [-0.3, -0.25) is 4.79 Å². The summed E-state index contributed by atoms with van der Waals surface area (Å²) in [6.07, 6.45) is 2.11. The van der Waals surface area contributed by atoms with Crippen molar-refractivity contribution in [3.63, 3.8) is 0 Å². The zero-order chi connectivity index (χ0) is 15.5. The lowest BCUT2D eigenvalue weighted by Gasteiger charge is -2.21. The molecule has 0 saturated carbocycles. The van der Waals surface area contributed by atoms with E-state index in [1.54, 1.807) is 0 Å². The molecule has 8 heteroatoms. The van der Waals surface area contributed by atoms with Crippen LogP contribution in [0.5, 0.6) is 5.75 Å². The lowest BCUT2D eigenvalue weighted by molar-refractivity contribution is -0.129. The molecule has 1 heterocycles. The van der Waals surface area contributed by atoms with E-state index in [1.807, 2.05) is 0 Å². The van der Waals surface area contributed by atoms with Crippen LogP contribution in [0.3, 0.4) is 0 Å². The van der Waals surface area contributed by atoms with Gasteiger partial charge in [0.1, 0.15) is 16.7 Å². The number of carbonyl (C=O) groups is 1. The van der Waals surface area contributed by atoms with Gasteiger partial charge in [-0.25, -0.2) is 8.42 Å². The number of benzene rings is 1. The molecular formula is C13H16ClNO5S. The maximum absolute atomic E-state index is 12.0. The molecule has 1 fully saturated rings. The minimum atomic E-state index is -3.90. The molecule has 0 bridgehead atoms. The Hall–Kier alpha value is -1.31. The molecule has 1 amide bonds. The number of ether oxygens (including phenoxy) is 2. The Morgan fingerprint density at radius 2 is 2.19 bits per heavy atom. The van der Waals surface area contributed by atoms with Crippen LogP contribution in [0.25, 0.3) is 0 Å². The lowest BCUT2D eigenvalue weighted by Crippen LogP contribution is -2.33. The highest BCUT2D eigenvalue weighted by Gasteiger charge is 2.23. The highest BCUT2D eigenvalue weighted by atomic mass is 35.7. The van der Waals surface area contributed by atoms with Gasteiger partial charge in [-0.15, -0.1) is 0 Å². The molecule has 6 nitrogen and oxygen atoms in total. The summed E-state index contributed by atoms with van der Waals surface area (Å²) in [5, 5.41) is 2.68. The van der Waals surface area contributed by atoms with Gasteiger partial charge in [-0.05, 0) is 31.4 Å². The number of anilines is 1. The van der Waals surface area contributed by atoms with Crippen LogP contribution in [0.2, 0.25) is 0 Å². The standard InChI is InChI=1S/C13H16ClNO5S/c1-19-11-8-9(5-6-12(11)21(14,17)18)15-13(16)10-4-2-3-7-20-10/h5-6,8,10H,2-4,7H2,1H3,(H,15,16). The van der Waals surface area contributed by atoms with Gasteiger partial charge in [-0.2, -0.15) is 0 Å². The van der Waals surface area contributed by atoms with Crippen LogP contribution in [-0.4, -0.2) is 34.1 Å². The molecule has 1 atom stereocenters. The first kappa shape index (κ1) is 16.1. The fraction of sp³-hybridized carbons (Fsp3) is 0.462. The molecule has 1 saturated heterocycles. The van der Waals surface area contributed by atoms with Crippen molar-refractivity contribution in [1.82, 2.24) is 0 Å². The van der Waals surface area contributed by atoms with Crippen molar-refractivity contribution in [3.05, 3.63) is 18.2 Å². The molecule has 0 spiro atoms. The van der Waals surface area contributed by atoms with Gasteiger partial charge >= 0.3 is 0 Å². The second kappa shape index (κ2) is 6.64. The summed E-state index contributed by atoms with van der Waals surface area (Å²) in [5.41, 5.74) is 0.426. The molecule has 1 N–H and O–H groups in total. The third kappa shape index (κ3) is 4.09. The van der Waals surface area contributed by atoms with Crippen molar-refractivity contribution in [3.8, 4) is 5.75 Å². The van der Waals surface area contributed by atoms with Gasteiger partial charge in [0.15, 0.2) is 0 Å². The summed E-state index contributed by atoms with van der Waals surface area (Å²) in [6, 6.07) is 4.16. The Morgan fingerprint density at radius 1 is 1.43 bits per heavy atom. The zero-order valence-electron chi connectivity index (χ0n) is 11.5. The van der Waals surface area contributed by atoms with Crippen molar-refractivity contribution in [2.75, 3.05) is 19.0 Å². The van der Waals surface area contributed by atoms with E-state index < -0.39 is 15.2 Å². The van der Waals surface area contributed by atoms with Crippen LogP contribution in [0.15, 0.2) is 23.1 Å². The normalized spacial score (nSPS) is 19.0. The van der Waals surface area contributed by atoms with E-state index in [1.165, 1.54) is 25.3 Å². The minimum absolute atomic E-state index is 0.0763. The van der Waals surface area contributed by atoms with Crippen LogP contribution < -0.4 is 10.1 Å². The quantitative estimate of drug-likeness (QED) is 0.854. The van der Waals surface area contributed by atoms with E-state index in [2.05, 4.69) is 5.32 Å². The van der Waals surface area contributed by atoms with Crippen molar-refractivity contribution in [2.24, 2.45) is 0 Å². The molecule has 2 rings (SSSR count). The smallest absolute Gasteiger partial charge is 0.264 e. The van der Waals surface area contributed by atoms with E-state index in [4.69, 9.17) is 20.2 Å². The van der Waals surface area contributed by atoms with Crippen molar-refractivity contribution < 1.29 is 22.7 Å². The number of rotatable bonds is 4. The lowest BCUT2D eigenvalue weighted by atomic mass is 10.1. The zero-order valence-corrected chi connectivity index (χ0v) is 13.0. The summed E-state index contributed by atoms with van der Waals surface area (Å²) in [4.78, 5) is 11.9. The van der Waals surface area contributed by atoms with Crippen LogP contribution >= 0.6 is 10.7 Å². The van der Waals surface area contributed by atoms with E-state index in [-0.39, 0.29) is 16.6 Å². The molecule has 1 aliphatic rings. The molecule has 1 aromatic rings. The number of halogens is 1. The summed E-state index contributed by atoms with van der Waals surface area (Å²) < 4.78 is 33.1. The van der Waals surface area contributed by atoms with Crippen molar-refractivity contribution in [1.29, 1.82) is 0 Å². The van der Waals surface area contributed by atoms with E-state index in [0.29, 0.717) is 18.7 Å². The second-order valence-electron chi connectivity index (χ2n) is 4.65. The number of hydrogen-bond acceptors (Lipinski definition) is 5. The molecule has 1 aromatic carbocycles. The number of hydrogen-bond donors (Lipinski definition) is 1. The first-order valence-electron chi connectivity index (χ1n) is 6.47. The Labute approximate surface area is 127 Å². The average Bonchev–Trinajstić information content (AvgIpc) is 2.46. The molecular weight excluding hydrogens is 318 g/mol. The molecule has 0 radical (unpaired) electrons. The van der Waals surface area contributed by atoms with Crippen LogP contribution in [0.4, 0.5) is 5.69 Å². The maximum Gasteiger partial charge on any atom is 0.264 e.